The first-order valence-electron chi connectivity index (χ1n) is 10.9. The third-order valence-corrected chi connectivity index (χ3v) is 6.55. The zero-order valence-corrected chi connectivity index (χ0v) is 18.9. The maximum Gasteiger partial charge on any atom is 0.432 e. The highest BCUT2D eigenvalue weighted by Crippen LogP contribution is 2.47. The molecule has 0 bridgehead atoms. The molecule has 0 saturated heterocycles. The zero-order chi connectivity index (χ0) is 24.5. The Morgan fingerprint density at radius 2 is 1.76 bits per heavy atom. The van der Waals surface area contributed by atoms with Crippen LogP contribution in [0.2, 0.25) is 0 Å². The molecular weight excluding hydrogens is 445 g/mol. The highest BCUT2D eigenvalue weighted by atomic mass is 19.4. The van der Waals surface area contributed by atoms with Crippen LogP contribution in [0.3, 0.4) is 0 Å². The summed E-state index contributed by atoms with van der Waals surface area (Å²) < 4.78 is 58.3. The van der Waals surface area contributed by atoms with E-state index >= 15 is 0 Å². The standard InChI is InChI=1S/C27H25F3O4/c1-4-20-21-13-11-19(32-2)16-17(21)10-12-22(20)23-14-15-24(23)34-25(31)26(33-3,27(28,29)30)18-8-6-5-7-9-18/h4-13,16,23-24H,1,14-15H2,2-3H3/t23-,24+,26-/m0/s1. The topological polar surface area (TPSA) is 44.8 Å². The van der Waals surface area contributed by atoms with Crippen LogP contribution in [0, 0.1) is 0 Å². The highest BCUT2D eigenvalue weighted by molar-refractivity contribution is 5.93. The average Bonchev–Trinajstić information content (AvgIpc) is 2.82. The van der Waals surface area contributed by atoms with Crippen molar-refractivity contribution in [1.29, 1.82) is 0 Å². The fourth-order valence-corrected chi connectivity index (χ4v) is 4.60. The normalized spacial score (nSPS) is 19.7. The van der Waals surface area contributed by atoms with Gasteiger partial charge in [-0.1, -0.05) is 61.2 Å². The molecule has 7 heteroatoms. The minimum absolute atomic E-state index is 0.248. The summed E-state index contributed by atoms with van der Waals surface area (Å²) in [6, 6.07) is 16.3. The van der Waals surface area contributed by atoms with E-state index in [2.05, 4.69) is 6.58 Å². The number of esters is 1. The van der Waals surface area contributed by atoms with Gasteiger partial charge in [0, 0.05) is 18.6 Å². The summed E-state index contributed by atoms with van der Waals surface area (Å²) in [5, 5.41) is 1.89. The molecule has 3 aromatic carbocycles. The Kier molecular flexibility index (Phi) is 6.41. The smallest absolute Gasteiger partial charge is 0.432 e. The van der Waals surface area contributed by atoms with Crippen molar-refractivity contribution in [2.45, 2.75) is 36.6 Å². The first-order chi connectivity index (χ1) is 16.3. The Morgan fingerprint density at radius 1 is 1.03 bits per heavy atom. The predicted molar refractivity (Wildman–Crippen MR) is 124 cm³/mol. The van der Waals surface area contributed by atoms with Gasteiger partial charge in [-0.15, -0.1) is 0 Å². The summed E-state index contributed by atoms with van der Waals surface area (Å²) in [6.45, 7) is 3.93. The second-order valence-electron chi connectivity index (χ2n) is 8.24. The van der Waals surface area contributed by atoms with Gasteiger partial charge in [-0.3, -0.25) is 0 Å². The summed E-state index contributed by atoms with van der Waals surface area (Å²) in [7, 11) is 2.46. The Balaban J connectivity index is 1.66. The molecule has 3 aromatic rings. The van der Waals surface area contributed by atoms with Gasteiger partial charge in [-0.05, 0) is 46.9 Å². The van der Waals surface area contributed by atoms with Gasteiger partial charge < -0.3 is 14.2 Å². The quantitative estimate of drug-likeness (QED) is 0.376. The van der Waals surface area contributed by atoms with Crippen LogP contribution in [0.4, 0.5) is 13.2 Å². The Hall–Kier alpha value is -3.32. The van der Waals surface area contributed by atoms with Gasteiger partial charge in [0.05, 0.1) is 7.11 Å². The molecule has 0 heterocycles. The number of benzene rings is 3. The number of methoxy groups -OCH3 is 2. The second kappa shape index (κ2) is 9.14. The molecule has 178 valence electrons. The summed E-state index contributed by atoms with van der Waals surface area (Å²) in [6.07, 6.45) is -2.85. The maximum absolute atomic E-state index is 14.2. The number of fused-ring (bicyclic) bond motifs is 1. The van der Waals surface area contributed by atoms with E-state index in [4.69, 9.17) is 14.2 Å². The zero-order valence-electron chi connectivity index (χ0n) is 18.9. The largest absolute Gasteiger partial charge is 0.497 e. The lowest BCUT2D eigenvalue weighted by molar-refractivity contribution is -0.279. The summed E-state index contributed by atoms with van der Waals surface area (Å²) >= 11 is 0. The lowest BCUT2D eigenvalue weighted by atomic mass is 9.74. The van der Waals surface area contributed by atoms with Crippen LogP contribution >= 0.6 is 0 Å². The number of hydrogen-bond acceptors (Lipinski definition) is 4. The van der Waals surface area contributed by atoms with E-state index in [1.165, 1.54) is 24.3 Å². The van der Waals surface area contributed by atoms with Crippen molar-refractivity contribution < 1.29 is 32.2 Å². The Morgan fingerprint density at radius 3 is 2.32 bits per heavy atom. The molecule has 0 N–H and O–H groups in total. The van der Waals surface area contributed by atoms with Crippen molar-refractivity contribution in [3.8, 4) is 5.75 Å². The van der Waals surface area contributed by atoms with Crippen molar-refractivity contribution in [1.82, 2.24) is 0 Å². The Bertz CT molecular complexity index is 1210. The first kappa shape index (κ1) is 23.8. The van der Waals surface area contributed by atoms with Crippen LogP contribution in [-0.4, -0.2) is 32.5 Å². The van der Waals surface area contributed by atoms with Gasteiger partial charge in [0.25, 0.3) is 5.60 Å². The molecule has 34 heavy (non-hydrogen) atoms. The minimum atomic E-state index is -5.01. The first-order valence-corrected chi connectivity index (χ1v) is 10.9. The van der Waals surface area contributed by atoms with E-state index in [-0.39, 0.29) is 11.5 Å². The molecule has 0 spiro atoms. The lowest BCUT2D eigenvalue weighted by Gasteiger charge is -2.40. The number of rotatable bonds is 7. The third-order valence-electron chi connectivity index (χ3n) is 6.55. The summed E-state index contributed by atoms with van der Waals surface area (Å²) in [5.41, 5.74) is -1.78. The molecular formula is C27H25F3O4. The van der Waals surface area contributed by atoms with E-state index in [0.717, 1.165) is 34.8 Å². The number of alkyl halides is 3. The van der Waals surface area contributed by atoms with E-state index in [0.29, 0.717) is 12.8 Å². The predicted octanol–water partition coefficient (Wildman–Crippen LogP) is 6.38. The van der Waals surface area contributed by atoms with Gasteiger partial charge in [0.1, 0.15) is 11.9 Å². The molecule has 4 nitrogen and oxygen atoms in total. The molecule has 1 aliphatic carbocycles. The van der Waals surface area contributed by atoms with E-state index in [1.54, 1.807) is 19.3 Å². The number of halogens is 3. The minimum Gasteiger partial charge on any atom is -0.497 e. The fourth-order valence-electron chi connectivity index (χ4n) is 4.60. The molecule has 1 aliphatic rings. The molecule has 3 atom stereocenters. The molecule has 0 aliphatic heterocycles. The van der Waals surface area contributed by atoms with E-state index < -0.39 is 23.9 Å². The monoisotopic (exact) mass is 470 g/mol. The van der Waals surface area contributed by atoms with Crippen molar-refractivity contribution in [2.75, 3.05) is 14.2 Å². The van der Waals surface area contributed by atoms with Crippen molar-refractivity contribution >= 4 is 22.8 Å². The van der Waals surface area contributed by atoms with Crippen LogP contribution in [0.5, 0.6) is 5.75 Å². The average molecular weight is 470 g/mol. The van der Waals surface area contributed by atoms with Crippen LogP contribution < -0.4 is 4.74 Å². The van der Waals surface area contributed by atoms with E-state index in [1.807, 2.05) is 30.3 Å². The van der Waals surface area contributed by atoms with Crippen molar-refractivity contribution in [3.05, 3.63) is 83.9 Å². The van der Waals surface area contributed by atoms with Crippen LogP contribution in [-0.2, 0) is 19.9 Å². The van der Waals surface area contributed by atoms with Gasteiger partial charge in [0.2, 0.25) is 0 Å². The summed E-state index contributed by atoms with van der Waals surface area (Å²) in [4.78, 5) is 13.1. The van der Waals surface area contributed by atoms with Gasteiger partial charge >= 0.3 is 12.1 Å². The highest BCUT2D eigenvalue weighted by Gasteiger charge is 2.64. The third kappa shape index (κ3) is 3.84. The molecule has 0 unspecified atom stereocenters. The van der Waals surface area contributed by atoms with Crippen molar-refractivity contribution in [2.24, 2.45) is 0 Å². The summed E-state index contributed by atoms with van der Waals surface area (Å²) in [5.74, 6) is -0.995. The maximum atomic E-state index is 14.2. The molecule has 4 rings (SSSR count). The van der Waals surface area contributed by atoms with Crippen LogP contribution in [0.1, 0.15) is 35.4 Å². The molecule has 0 aromatic heterocycles. The number of carbonyl (C=O) groups excluding carboxylic acids is 1. The van der Waals surface area contributed by atoms with Crippen molar-refractivity contribution in [3.63, 3.8) is 0 Å². The molecule has 1 saturated carbocycles. The SMILES string of the molecule is C=Cc1c([C@@H]2CC[C@H]2OC(=O)[C@@](OC)(c2ccccc2)C(F)(F)F)ccc2cc(OC)ccc12. The number of ether oxygens (including phenoxy) is 3. The van der Waals surface area contributed by atoms with Gasteiger partial charge in [0.15, 0.2) is 0 Å². The number of carbonyl (C=O) groups is 1. The fraction of sp³-hybridized carbons (Fsp3) is 0.296. The van der Waals surface area contributed by atoms with Crippen LogP contribution in [0.25, 0.3) is 16.8 Å². The van der Waals surface area contributed by atoms with Gasteiger partial charge in [-0.2, -0.15) is 13.2 Å². The number of hydrogen-bond donors (Lipinski definition) is 0. The molecule has 1 fully saturated rings. The van der Waals surface area contributed by atoms with Crippen LogP contribution in [0.15, 0.2) is 67.2 Å². The van der Waals surface area contributed by atoms with Gasteiger partial charge in [-0.25, -0.2) is 4.79 Å². The Labute approximate surface area is 195 Å². The lowest BCUT2D eigenvalue weighted by Crippen LogP contribution is -2.53. The molecule has 0 radical (unpaired) electrons. The molecule has 0 amide bonds. The second-order valence-corrected chi connectivity index (χ2v) is 8.24. The van der Waals surface area contributed by atoms with E-state index in [9.17, 15) is 18.0 Å².